The highest BCUT2D eigenvalue weighted by Crippen LogP contribution is 2.31. The number of anilines is 4. The zero-order valence-corrected chi connectivity index (χ0v) is 22.9. The van der Waals surface area contributed by atoms with Gasteiger partial charge in [-0.1, -0.05) is 35.4 Å². The average Bonchev–Trinajstić information content (AvgIpc) is 2.91. The maximum absolute atomic E-state index is 13.9. The highest BCUT2D eigenvalue weighted by molar-refractivity contribution is 7.94. The van der Waals surface area contributed by atoms with E-state index in [9.17, 15) is 26.4 Å². The summed E-state index contributed by atoms with van der Waals surface area (Å²) in [6.45, 7) is 3.45. The van der Waals surface area contributed by atoms with E-state index >= 15 is 0 Å². The number of benzene rings is 2. The Bertz CT molecular complexity index is 1670. The molecule has 4 aromatic rings. The summed E-state index contributed by atoms with van der Waals surface area (Å²) in [5.41, 5.74) is 12.9. The first kappa shape index (κ1) is 28.2. The zero-order valence-electron chi connectivity index (χ0n) is 21.3. The summed E-state index contributed by atoms with van der Waals surface area (Å²) in [4.78, 5) is 34.8. The maximum atomic E-state index is 13.9. The molecule has 0 aliphatic rings. The smallest absolute Gasteiger partial charge is 0.333 e. The third-order valence-electron chi connectivity index (χ3n) is 5.69. The third kappa shape index (κ3) is 5.21. The molecule has 14 heteroatoms. The lowest BCUT2D eigenvalue weighted by molar-refractivity contribution is -0.134. The summed E-state index contributed by atoms with van der Waals surface area (Å²) in [6, 6.07) is 16.2. The van der Waals surface area contributed by atoms with Gasteiger partial charge >= 0.3 is 11.8 Å². The van der Waals surface area contributed by atoms with Gasteiger partial charge in [-0.25, -0.2) is 26.8 Å². The normalized spacial score (nSPS) is 11.6. The summed E-state index contributed by atoms with van der Waals surface area (Å²) >= 11 is 0. The second kappa shape index (κ2) is 10.7. The molecule has 12 nitrogen and oxygen atoms in total. The van der Waals surface area contributed by atoms with Gasteiger partial charge in [0.25, 0.3) is 20.0 Å². The Morgan fingerprint density at radius 1 is 0.600 bits per heavy atom. The van der Waals surface area contributed by atoms with Gasteiger partial charge in [0.15, 0.2) is 11.6 Å². The number of nitrogen functional groups attached to an aromatic ring is 2. The number of amides is 2. The molecular formula is C26H24N6O6S2. The number of carbonyl (C=O) groups is 2. The Kier molecular flexibility index (Phi) is 7.57. The van der Waals surface area contributed by atoms with Crippen molar-refractivity contribution in [2.45, 2.75) is 23.6 Å². The molecular weight excluding hydrogens is 556 g/mol. The van der Waals surface area contributed by atoms with Crippen LogP contribution in [0.25, 0.3) is 0 Å². The van der Waals surface area contributed by atoms with Crippen LogP contribution in [-0.2, 0) is 29.6 Å². The molecule has 2 aromatic heterocycles. The summed E-state index contributed by atoms with van der Waals surface area (Å²) in [6.07, 6.45) is 2.33. The zero-order chi connectivity index (χ0) is 29.2. The maximum Gasteiger partial charge on any atom is 0.333 e. The van der Waals surface area contributed by atoms with E-state index in [1.807, 2.05) is 0 Å². The minimum Gasteiger partial charge on any atom is -0.396 e. The lowest BCUT2D eigenvalue weighted by atomic mass is 10.2. The Balaban J connectivity index is 1.94. The molecule has 40 heavy (non-hydrogen) atoms. The van der Waals surface area contributed by atoms with Gasteiger partial charge in [-0.3, -0.25) is 9.59 Å². The number of rotatable bonds is 6. The standard InChI is InChI=1S/C26H24N6O6S2/c1-17-7-11-19(12-8-17)39(35,36)31(23-21(27)5-3-15-29-23)25(33)26(34)32(24-22(28)6-4-16-30-24)40(37,38)20-13-9-18(2)10-14-20/h3-16H,27-28H2,1-2H3. The van der Waals surface area contributed by atoms with Crippen LogP contribution in [0.3, 0.4) is 0 Å². The first-order valence-corrected chi connectivity index (χ1v) is 14.5. The van der Waals surface area contributed by atoms with E-state index in [1.54, 1.807) is 13.8 Å². The van der Waals surface area contributed by atoms with Crippen molar-refractivity contribution in [3.63, 3.8) is 0 Å². The molecule has 0 spiro atoms. The van der Waals surface area contributed by atoms with Crippen molar-refractivity contribution in [2.75, 3.05) is 20.1 Å². The van der Waals surface area contributed by atoms with Crippen molar-refractivity contribution in [1.29, 1.82) is 0 Å². The van der Waals surface area contributed by atoms with Crippen LogP contribution in [-0.4, -0.2) is 38.6 Å². The van der Waals surface area contributed by atoms with Crippen LogP contribution in [0, 0.1) is 13.8 Å². The van der Waals surface area contributed by atoms with Gasteiger partial charge in [0.2, 0.25) is 0 Å². The number of hydrogen-bond donors (Lipinski definition) is 2. The summed E-state index contributed by atoms with van der Waals surface area (Å²) < 4.78 is 55.2. The first-order chi connectivity index (χ1) is 18.9. The van der Waals surface area contributed by atoms with Crippen LogP contribution >= 0.6 is 0 Å². The number of nitrogens with zero attached hydrogens (tertiary/aromatic N) is 4. The summed E-state index contributed by atoms with van der Waals surface area (Å²) in [5, 5.41) is 0. The molecule has 4 N–H and O–H groups in total. The molecule has 2 aromatic carbocycles. The monoisotopic (exact) mass is 580 g/mol. The highest BCUT2D eigenvalue weighted by atomic mass is 32.2. The number of aryl methyl sites for hydroxylation is 2. The quantitative estimate of drug-likeness (QED) is 0.321. The molecule has 0 radical (unpaired) electrons. The average molecular weight is 581 g/mol. The van der Waals surface area contributed by atoms with Crippen LogP contribution in [0.5, 0.6) is 0 Å². The predicted octanol–water partition coefficient (Wildman–Crippen LogP) is 2.40. The largest absolute Gasteiger partial charge is 0.396 e. The molecule has 2 heterocycles. The van der Waals surface area contributed by atoms with Crippen molar-refractivity contribution in [2.24, 2.45) is 0 Å². The predicted molar refractivity (Wildman–Crippen MR) is 149 cm³/mol. The van der Waals surface area contributed by atoms with Gasteiger partial charge in [-0.2, -0.15) is 8.61 Å². The van der Waals surface area contributed by atoms with Crippen LogP contribution in [0.15, 0.2) is 95.0 Å². The van der Waals surface area contributed by atoms with Gasteiger partial charge in [0.05, 0.1) is 21.2 Å². The molecule has 0 bridgehead atoms. The van der Waals surface area contributed by atoms with E-state index in [4.69, 9.17) is 11.5 Å². The van der Waals surface area contributed by atoms with Crippen LogP contribution < -0.4 is 20.1 Å². The van der Waals surface area contributed by atoms with Crippen LogP contribution in [0.2, 0.25) is 0 Å². The van der Waals surface area contributed by atoms with Gasteiger partial charge in [0.1, 0.15) is 0 Å². The fraction of sp³-hybridized carbons (Fsp3) is 0.0769. The lowest BCUT2D eigenvalue weighted by Gasteiger charge is -2.26. The van der Waals surface area contributed by atoms with Gasteiger partial charge in [0, 0.05) is 12.4 Å². The van der Waals surface area contributed by atoms with E-state index in [2.05, 4.69) is 9.97 Å². The summed E-state index contributed by atoms with van der Waals surface area (Å²) in [5.74, 6) is -4.76. The molecule has 0 aliphatic heterocycles. The minimum absolute atomic E-state index is 0.0755. The van der Waals surface area contributed by atoms with Crippen molar-refractivity contribution < 1.29 is 26.4 Å². The Hall–Kier alpha value is -4.82. The van der Waals surface area contributed by atoms with E-state index < -0.39 is 43.5 Å². The van der Waals surface area contributed by atoms with E-state index in [-0.39, 0.29) is 29.8 Å². The molecule has 0 fully saturated rings. The van der Waals surface area contributed by atoms with Gasteiger partial charge in [-0.15, -0.1) is 0 Å². The molecule has 0 unspecified atom stereocenters. The van der Waals surface area contributed by atoms with Gasteiger partial charge < -0.3 is 11.5 Å². The van der Waals surface area contributed by atoms with Crippen molar-refractivity contribution in [1.82, 2.24) is 9.97 Å². The highest BCUT2D eigenvalue weighted by Gasteiger charge is 2.44. The van der Waals surface area contributed by atoms with E-state index in [0.29, 0.717) is 0 Å². The van der Waals surface area contributed by atoms with Crippen LogP contribution in [0.1, 0.15) is 11.1 Å². The molecule has 0 atom stereocenters. The number of sulfonamides is 2. The first-order valence-electron chi connectivity index (χ1n) is 11.6. The molecule has 206 valence electrons. The number of carbonyl (C=O) groups excluding carboxylic acids is 2. The fourth-order valence-corrected chi connectivity index (χ4v) is 6.34. The van der Waals surface area contributed by atoms with Crippen molar-refractivity contribution in [3.8, 4) is 0 Å². The second-order valence-electron chi connectivity index (χ2n) is 8.61. The molecule has 0 aliphatic carbocycles. The molecule has 0 saturated carbocycles. The number of pyridine rings is 2. The summed E-state index contributed by atoms with van der Waals surface area (Å²) in [7, 11) is -9.66. The Morgan fingerprint density at radius 2 is 0.925 bits per heavy atom. The topological polar surface area (TPSA) is 187 Å². The lowest BCUT2D eigenvalue weighted by Crippen LogP contribution is -2.50. The Morgan fingerprint density at radius 3 is 1.23 bits per heavy atom. The third-order valence-corrected chi connectivity index (χ3v) is 9.06. The van der Waals surface area contributed by atoms with E-state index in [1.165, 1.54) is 85.2 Å². The SMILES string of the molecule is Cc1ccc(S(=O)(=O)N(C(=O)C(=O)N(c2ncccc2N)S(=O)(=O)c2ccc(C)cc2)c2ncccc2N)cc1. The number of aromatic nitrogens is 2. The van der Waals surface area contributed by atoms with Crippen molar-refractivity contribution >= 4 is 54.9 Å². The van der Waals surface area contributed by atoms with Crippen molar-refractivity contribution in [3.05, 3.63) is 96.3 Å². The molecule has 4 rings (SSSR count). The fourth-order valence-electron chi connectivity index (χ4n) is 3.60. The van der Waals surface area contributed by atoms with E-state index in [0.717, 1.165) is 11.1 Å². The minimum atomic E-state index is -4.83. The molecule has 0 saturated heterocycles. The second-order valence-corrected chi connectivity index (χ2v) is 12.2. The number of hydrogen-bond acceptors (Lipinski definition) is 10. The Labute approximate surface area is 231 Å². The van der Waals surface area contributed by atoms with Gasteiger partial charge in [-0.05, 0) is 62.4 Å². The number of nitrogens with two attached hydrogens (primary N) is 2. The van der Waals surface area contributed by atoms with Crippen LogP contribution in [0.4, 0.5) is 23.0 Å². The molecule has 2 amide bonds.